The van der Waals surface area contributed by atoms with Gasteiger partial charge in [-0.2, -0.15) is 0 Å². The van der Waals surface area contributed by atoms with Gasteiger partial charge >= 0.3 is 0 Å². The first kappa shape index (κ1) is 26.9. The Morgan fingerprint density at radius 2 is 1.86 bits per heavy atom. The Morgan fingerprint density at radius 3 is 2.57 bits per heavy atom. The van der Waals surface area contributed by atoms with E-state index in [2.05, 4.69) is 51.9 Å². The van der Waals surface area contributed by atoms with Gasteiger partial charge in [-0.25, -0.2) is 0 Å². The molecule has 9 nitrogen and oxygen atoms in total. The fourth-order valence-electron chi connectivity index (χ4n) is 7.32. The number of imide groups is 1. The van der Waals surface area contributed by atoms with Crippen molar-refractivity contribution in [3.63, 3.8) is 0 Å². The lowest BCUT2D eigenvalue weighted by Gasteiger charge is -2.38. The van der Waals surface area contributed by atoms with Crippen LogP contribution in [0.3, 0.4) is 0 Å². The number of benzene rings is 2. The van der Waals surface area contributed by atoms with Gasteiger partial charge in [0.1, 0.15) is 11.8 Å². The van der Waals surface area contributed by atoms with E-state index in [9.17, 15) is 14.4 Å². The average Bonchev–Trinajstić information content (AvgIpc) is 3.61. The summed E-state index contributed by atoms with van der Waals surface area (Å²) in [4.78, 5) is 41.3. The summed E-state index contributed by atoms with van der Waals surface area (Å²) in [5.41, 5.74) is 5.13. The molecule has 7 rings (SSSR count). The van der Waals surface area contributed by atoms with Crippen LogP contribution in [0.25, 0.3) is 0 Å². The SMILES string of the molecule is N=C/C(=C\NCC1(c2ccccc2)CC1)CN1CCC2(CC1)COc1c2ccc2c1CN([C@H]1CCC(=O)NC1=O)C2=O. The number of fused-ring (bicyclic) bond motifs is 4. The largest absolute Gasteiger partial charge is 0.492 e. The Balaban J connectivity index is 0.984. The topological polar surface area (TPSA) is 115 Å². The highest BCUT2D eigenvalue weighted by Crippen LogP contribution is 2.50. The van der Waals surface area contributed by atoms with Gasteiger partial charge in [-0.1, -0.05) is 36.4 Å². The number of hydrogen-bond acceptors (Lipinski definition) is 7. The molecule has 218 valence electrons. The second kappa shape index (κ2) is 10.4. The normalized spacial score (nSPS) is 24.2. The summed E-state index contributed by atoms with van der Waals surface area (Å²) >= 11 is 0. The Hall–Kier alpha value is -3.98. The molecule has 0 bridgehead atoms. The molecule has 1 atom stereocenters. The van der Waals surface area contributed by atoms with E-state index in [1.165, 1.54) is 30.2 Å². The van der Waals surface area contributed by atoms with Crippen molar-refractivity contribution in [2.75, 3.05) is 32.8 Å². The number of amides is 3. The molecule has 5 aliphatic rings. The first-order valence-corrected chi connectivity index (χ1v) is 15.1. The monoisotopic (exact) mass is 567 g/mol. The molecule has 2 saturated heterocycles. The first-order chi connectivity index (χ1) is 20.4. The van der Waals surface area contributed by atoms with Gasteiger partial charge in [-0.15, -0.1) is 0 Å². The van der Waals surface area contributed by atoms with Crippen molar-refractivity contribution >= 4 is 23.9 Å². The van der Waals surface area contributed by atoms with Gasteiger partial charge in [0.2, 0.25) is 11.8 Å². The Bertz CT molecular complexity index is 1470. The number of carbonyl (C=O) groups is 3. The van der Waals surface area contributed by atoms with Crippen molar-refractivity contribution in [1.82, 2.24) is 20.4 Å². The zero-order valence-electron chi connectivity index (χ0n) is 23.8. The lowest BCUT2D eigenvalue weighted by atomic mass is 9.74. The summed E-state index contributed by atoms with van der Waals surface area (Å²) in [7, 11) is 0. The minimum absolute atomic E-state index is 0.0905. The first-order valence-electron chi connectivity index (χ1n) is 15.1. The quantitative estimate of drug-likeness (QED) is 0.334. The fraction of sp³-hybridized carbons (Fsp3) is 0.455. The lowest BCUT2D eigenvalue weighted by Crippen LogP contribution is -2.52. The van der Waals surface area contributed by atoms with Crippen molar-refractivity contribution < 1.29 is 19.1 Å². The fourth-order valence-corrected chi connectivity index (χ4v) is 7.32. The van der Waals surface area contributed by atoms with E-state index < -0.39 is 11.9 Å². The van der Waals surface area contributed by atoms with Gasteiger partial charge in [-0.05, 0) is 62.4 Å². The maximum atomic E-state index is 13.2. The van der Waals surface area contributed by atoms with Gasteiger partial charge in [0, 0.05) is 59.4 Å². The van der Waals surface area contributed by atoms with Crippen LogP contribution in [-0.2, 0) is 27.0 Å². The molecule has 0 unspecified atom stereocenters. The lowest BCUT2D eigenvalue weighted by molar-refractivity contribution is -0.136. The summed E-state index contributed by atoms with van der Waals surface area (Å²) in [6.45, 7) is 4.35. The number of piperidine rings is 2. The molecule has 3 fully saturated rings. The third kappa shape index (κ3) is 4.60. The molecule has 3 amide bonds. The number of nitrogens with one attached hydrogen (secondary N) is 3. The minimum Gasteiger partial charge on any atom is -0.492 e. The number of hydrogen-bond donors (Lipinski definition) is 3. The van der Waals surface area contributed by atoms with E-state index >= 15 is 0 Å². The highest BCUT2D eigenvalue weighted by molar-refractivity contribution is 6.05. The standard InChI is InChI=1S/C33H37N5O4/c34-16-22(17-35-20-32(10-11-32)23-4-2-1-3-5-23)18-37-14-12-33(13-15-37)21-42-29-25-19-38(27-8-9-28(39)36-30(27)40)31(41)24(25)6-7-26(29)33/h1-7,16-17,27,34-35H,8-15,18-21H2,(H,36,39,40)/b22-17+,34-16?/t27-/m0/s1. The van der Waals surface area contributed by atoms with Gasteiger partial charge in [0.05, 0.1) is 13.2 Å². The zero-order valence-corrected chi connectivity index (χ0v) is 23.8. The molecule has 1 spiro atoms. The second-order valence-corrected chi connectivity index (χ2v) is 12.6. The number of likely N-dealkylation sites (tertiary alicyclic amines) is 1. The van der Waals surface area contributed by atoms with Crippen molar-refractivity contribution in [2.24, 2.45) is 0 Å². The molecule has 4 heterocycles. The molecule has 0 aromatic heterocycles. The third-order valence-electron chi connectivity index (χ3n) is 10.1. The van der Waals surface area contributed by atoms with Crippen LogP contribution in [-0.4, -0.2) is 72.6 Å². The number of ether oxygens (including phenoxy) is 1. The summed E-state index contributed by atoms with van der Waals surface area (Å²) in [6.07, 6.45) is 8.35. The van der Waals surface area contributed by atoms with Crippen LogP contribution < -0.4 is 15.4 Å². The molecule has 4 aliphatic heterocycles. The van der Waals surface area contributed by atoms with Gasteiger partial charge in [0.25, 0.3) is 5.91 Å². The molecule has 1 saturated carbocycles. The average molecular weight is 568 g/mol. The van der Waals surface area contributed by atoms with Crippen LogP contribution >= 0.6 is 0 Å². The molecular formula is C33H37N5O4. The van der Waals surface area contributed by atoms with Crippen LogP contribution in [0.2, 0.25) is 0 Å². The second-order valence-electron chi connectivity index (χ2n) is 12.6. The summed E-state index contributed by atoms with van der Waals surface area (Å²) in [5.74, 6) is -0.0453. The summed E-state index contributed by atoms with van der Waals surface area (Å²) in [6, 6.07) is 14.0. The van der Waals surface area contributed by atoms with Crippen molar-refractivity contribution in [1.29, 1.82) is 5.41 Å². The summed E-state index contributed by atoms with van der Waals surface area (Å²) < 4.78 is 6.32. The van der Waals surface area contributed by atoms with E-state index in [1.54, 1.807) is 4.90 Å². The van der Waals surface area contributed by atoms with Gasteiger partial charge in [-0.3, -0.25) is 24.6 Å². The van der Waals surface area contributed by atoms with Gasteiger partial charge in [0.15, 0.2) is 0 Å². The van der Waals surface area contributed by atoms with Gasteiger partial charge < -0.3 is 20.4 Å². The maximum absolute atomic E-state index is 13.2. The molecule has 2 aromatic carbocycles. The van der Waals surface area contributed by atoms with Crippen molar-refractivity contribution in [3.05, 3.63) is 76.5 Å². The minimum atomic E-state index is -0.629. The molecule has 2 aromatic rings. The highest BCUT2D eigenvalue weighted by atomic mass is 16.5. The van der Waals surface area contributed by atoms with Crippen molar-refractivity contribution in [3.8, 4) is 5.75 Å². The van der Waals surface area contributed by atoms with E-state index in [0.29, 0.717) is 25.1 Å². The molecule has 9 heteroatoms. The maximum Gasteiger partial charge on any atom is 0.255 e. The number of nitrogens with zero attached hydrogens (tertiary/aromatic N) is 2. The highest BCUT2D eigenvalue weighted by Gasteiger charge is 2.48. The van der Waals surface area contributed by atoms with E-state index in [0.717, 1.165) is 55.9 Å². The smallest absolute Gasteiger partial charge is 0.255 e. The zero-order chi connectivity index (χ0) is 28.9. The van der Waals surface area contributed by atoms with Crippen molar-refractivity contribution in [2.45, 2.75) is 61.9 Å². The van der Waals surface area contributed by atoms with Crippen LogP contribution in [0.5, 0.6) is 5.75 Å². The van der Waals surface area contributed by atoms with E-state index in [4.69, 9.17) is 10.1 Å². The van der Waals surface area contributed by atoms with Crippen LogP contribution in [0.4, 0.5) is 0 Å². The van der Waals surface area contributed by atoms with E-state index in [1.807, 2.05) is 12.3 Å². The van der Waals surface area contributed by atoms with Crippen LogP contribution in [0, 0.1) is 5.41 Å². The number of rotatable bonds is 8. The number of carbonyl (C=O) groups excluding carboxylic acids is 3. The molecule has 1 aliphatic carbocycles. The molecule has 0 radical (unpaired) electrons. The summed E-state index contributed by atoms with van der Waals surface area (Å²) in [5, 5.41) is 13.9. The van der Waals surface area contributed by atoms with Crippen LogP contribution in [0.15, 0.2) is 54.2 Å². The molecule has 42 heavy (non-hydrogen) atoms. The predicted octanol–water partition coefficient (Wildman–Crippen LogP) is 3.03. The third-order valence-corrected chi connectivity index (χ3v) is 10.1. The Morgan fingerprint density at radius 1 is 1.07 bits per heavy atom. The molecular weight excluding hydrogens is 530 g/mol. The van der Waals surface area contributed by atoms with Crippen LogP contribution in [0.1, 0.15) is 65.6 Å². The van der Waals surface area contributed by atoms with E-state index in [-0.39, 0.29) is 29.1 Å². The molecule has 3 N–H and O–H groups in total. The Labute approximate surface area is 245 Å². The predicted molar refractivity (Wildman–Crippen MR) is 158 cm³/mol. The Kier molecular flexibility index (Phi) is 6.65.